The van der Waals surface area contributed by atoms with Gasteiger partial charge in [0.1, 0.15) is 6.42 Å². The molecule has 1 rings (SSSR count). The van der Waals surface area contributed by atoms with Crippen LogP contribution in [0.4, 0.5) is 5.69 Å². The Morgan fingerprint density at radius 3 is 2.18 bits per heavy atom. The smallest absolute Gasteiger partial charge is 0.315 e. The van der Waals surface area contributed by atoms with Gasteiger partial charge in [-0.2, -0.15) is 0 Å². The van der Waals surface area contributed by atoms with E-state index in [-0.39, 0.29) is 24.5 Å². The van der Waals surface area contributed by atoms with Gasteiger partial charge in [0.05, 0.1) is 6.61 Å². The number of carbonyl (C=O) groups excluding carboxylic acids is 3. The zero-order chi connectivity index (χ0) is 16.8. The van der Waals surface area contributed by atoms with E-state index in [1.54, 1.807) is 31.2 Å². The number of nitrogens with one attached hydrogen (secondary N) is 2. The van der Waals surface area contributed by atoms with E-state index in [4.69, 9.17) is 4.74 Å². The van der Waals surface area contributed by atoms with Crippen LogP contribution in [0, 0.1) is 0 Å². The highest BCUT2D eigenvalue weighted by Crippen LogP contribution is 2.11. The van der Waals surface area contributed by atoms with Crippen LogP contribution < -0.4 is 10.6 Å². The normalized spacial score (nSPS) is 10.7. The van der Waals surface area contributed by atoms with E-state index in [1.807, 2.05) is 20.8 Å². The van der Waals surface area contributed by atoms with E-state index >= 15 is 0 Å². The topological polar surface area (TPSA) is 84.5 Å². The molecule has 120 valence electrons. The molecule has 0 saturated heterocycles. The molecule has 0 unspecified atom stereocenters. The lowest BCUT2D eigenvalue weighted by atomic mass is 10.1. The summed E-state index contributed by atoms with van der Waals surface area (Å²) in [5, 5.41) is 5.42. The molecule has 0 aliphatic heterocycles. The first kappa shape index (κ1) is 17.7. The van der Waals surface area contributed by atoms with Crippen LogP contribution in [-0.4, -0.2) is 29.9 Å². The summed E-state index contributed by atoms with van der Waals surface area (Å²) in [6.07, 6.45) is -0.333. The van der Waals surface area contributed by atoms with Gasteiger partial charge in [-0.15, -0.1) is 0 Å². The highest BCUT2D eigenvalue weighted by atomic mass is 16.5. The Morgan fingerprint density at radius 1 is 1.09 bits per heavy atom. The lowest BCUT2D eigenvalue weighted by Gasteiger charge is -2.20. The summed E-state index contributed by atoms with van der Waals surface area (Å²) < 4.78 is 4.69. The molecule has 6 nitrogen and oxygen atoms in total. The molecule has 0 heterocycles. The van der Waals surface area contributed by atoms with Gasteiger partial charge in [-0.05, 0) is 52.0 Å². The zero-order valence-corrected chi connectivity index (χ0v) is 13.4. The molecule has 0 radical (unpaired) electrons. The molecule has 0 bridgehead atoms. The van der Waals surface area contributed by atoms with Crippen LogP contribution in [0.15, 0.2) is 24.3 Å². The first-order valence-electron chi connectivity index (χ1n) is 7.09. The Balaban J connectivity index is 2.60. The highest BCUT2D eigenvalue weighted by Gasteiger charge is 2.15. The Labute approximate surface area is 130 Å². The Morgan fingerprint density at radius 2 is 1.68 bits per heavy atom. The Bertz CT molecular complexity index is 544. The first-order valence-corrected chi connectivity index (χ1v) is 7.09. The van der Waals surface area contributed by atoms with Crippen molar-refractivity contribution in [2.24, 2.45) is 0 Å². The summed E-state index contributed by atoms with van der Waals surface area (Å²) in [6.45, 7) is 7.61. The third-order valence-electron chi connectivity index (χ3n) is 2.53. The van der Waals surface area contributed by atoms with Crippen LogP contribution in [0.1, 0.15) is 44.5 Å². The van der Waals surface area contributed by atoms with Gasteiger partial charge in [-0.3, -0.25) is 14.4 Å². The number of carbonyl (C=O) groups is 3. The van der Waals surface area contributed by atoms with E-state index in [0.29, 0.717) is 11.3 Å². The summed E-state index contributed by atoms with van der Waals surface area (Å²) in [5.41, 5.74) is 0.698. The van der Waals surface area contributed by atoms with Crippen LogP contribution in [0.25, 0.3) is 0 Å². The second-order valence-corrected chi connectivity index (χ2v) is 5.81. The average molecular weight is 306 g/mol. The number of hydrogen-bond donors (Lipinski definition) is 2. The van der Waals surface area contributed by atoms with Crippen LogP contribution in [0.5, 0.6) is 0 Å². The minimum atomic E-state index is -0.568. The average Bonchev–Trinajstić information content (AvgIpc) is 2.37. The third-order valence-corrected chi connectivity index (χ3v) is 2.53. The standard InChI is InChI=1S/C16H22N2O4/c1-5-22-14(20)10-13(19)17-12-8-6-11(7-9-12)15(21)18-16(2,3)4/h6-9H,5,10H2,1-4H3,(H,17,19)(H,18,21). The molecule has 0 atom stereocenters. The Hall–Kier alpha value is -2.37. The molecule has 2 N–H and O–H groups in total. The lowest BCUT2D eigenvalue weighted by Crippen LogP contribution is -2.40. The predicted molar refractivity (Wildman–Crippen MR) is 83.5 cm³/mol. The molecule has 1 aromatic carbocycles. The minimum absolute atomic E-state index is 0.183. The maximum absolute atomic E-state index is 12.0. The van der Waals surface area contributed by atoms with Crippen LogP contribution in [0.2, 0.25) is 0 Å². The fourth-order valence-electron chi connectivity index (χ4n) is 1.67. The first-order chi connectivity index (χ1) is 10.2. The summed E-state index contributed by atoms with van der Waals surface area (Å²) >= 11 is 0. The van der Waals surface area contributed by atoms with Crippen molar-refractivity contribution in [3.05, 3.63) is 29.8 Å². The third kappa shape index (κ3) is 6.39. The number of anilines is 1. The number of benzene rings is 1. The SMILES string of the molecule is CCOC(=O)CC(=O)Nc1ccc(C(=O)NC(C)(C)C)cc1. The maximum atomic E-state index is 12.0. The van der Waals surface area contributed by atoms with Crippen LogP contribution in [0.3, 0.4) is 0 Å². The fourth-order valence-corrected chi connectivity index (χ4v) is 1.67. The maximum Gasteiger partial charge on any atom is 0.315 e. The molecule has 1 aromatic rings. The van der Waals surface area contributed by atoms with E-state index in [0.717, 1.165) is 0 Å². The van der Waals surface area contributed by atoms with Crippen LogP contribution >= 0.6 is 0 Å². The lowest BCUT2D eigenvalue weighted by molar-refractivity contribution is -0.145. The molecule has 2 amide bonds. The Kier molecular flexibility index (Phi) is 6.10. The van der Waals surface area contributed by atoms with Crippen molar-refractivity contribution < 1.29 is 19.1 Å². The molecular weight excluding hydrogens is 284 g/mol. The number of esters is 1. The predicted octanol–water partition coefficient (Wildman–Crippen LogP) is 2.11. The van der Waals surface area contributed by atoms with Crippen molar-refractivity contribution in [1.29, 1.82) is 0 Å². The quantitative estimate of drug-likeness (QED) is 0.644. The largest absolute Gasteiger partial charge is 0.466 e. The van der Waals surface area contributed by atoms with Gasteiger partial charge in [0.15, 0.2) is 0 Å². The van der Waals surface area contributed by atoms with Crippen molar-refractivity contribution in [1.82, 2.24) is 5.32 Å². The van der Waals surface area contributed by atoms with Gasteiger partial charge in [-0.25, -0.2) is 0 Å². The van der Waals surface area contributed by atoms with E-state index in [9.17, 15) is 14.4 Å². The molecule has 0 fully saturated rings. The van der Waals surface area contributed by atoms with Gasteiger partial charge in [0.25, 0.3) is 5.91 Å². The highest BCUT2D eigenvalue weighted by molar-refractivity contribution is 6.02. The zero-order valence-electron chi connectivity index (χ0n) is 13.4. The molecule has 22 heavy (non-hydrogen) atoms. The van der Waals surface area contributed by atoms with Crippen molar-refractivity contribution in [3.63, 3.8) is 0 Å². The minimum Gasteiger partial charge on any atom is -0.466 e. The molecule has 0 saturated carbocycles. The summed E-state index contributed by atoms with van der Waals surface area (Å²) in [7, 11) is 0. The second-order valence-electron chi connectivity index (χ2n) is 5.81. The monoisotopic (exact) mass is 306 g/mol. The van der Waals surface area contributed by atoms with Gasteiger partial charge in [0.2, 0.25) is 5.91 Å². The summed E-state index contributed by atoms with van der Waals surface area (Å²) in [5.74, 6) is -1.21. The van der Waals surface area contributed by atoms with Gasteiger partial charge in [0, 0.05) is 16.8 Å². The molecule has 0 aromatic heterocycles. The van der Waals surface area contributed by atoms with Gasteiger partial charge >= 0.3 is 5.97 Å². The second kappa shape index (κ2) is 7.59. The van der Waals surface area contributed by atoms with E-state index in [2.05, 4.69) is 10.6 Å². The number of ether oxygens (including phenoxy) is 1. The fraction of sp³-hybridized carbons (Fsp3) is 0.438. The van der Waals surface area contributed by atoms with Crippen molar-refractivity contribution in [2.75, 3.05) is 11.9 Å². The molecular formula is C16H22N2O4. The van der Waals surface area contributed by atoms with Gasteiger partial charge < -0.3 is 15.4 Å². The number of amides is 2. The number of rotatable bonds is 5. The molecule has 0 spiro atoms. The number of hydrogen-bond acceptors (Lipinski definition) is 4. The molecule has 0 aliphatic rings. The summed E-state index contributed by atoms with van der Waals surface area (Å²) in [4.78, 5) is 34.7. The van der Waals surface area contributed by atoms with Crippen LogP contribution in [-0.2, 0) is 14.3 Å². The van der Waals surface area contributed by atoms with Crippen molar-refractivity contribution in [3.8, 4) is 0 Å². The van der Waals surface area contributed by atoms with Crippen molar-refractivity contribution >= 4 is 23.5 Å². The van der Waals surface area contributed by atoms with Crippen molar-refractivity contribution in [2.45, 2.75) is 39.7 Å². The van der Waals surface area contributed by atoms with E-state index < -0.39 is 11.9 Å². The summed E-state index contributed by atoms with van der Waals surface area (Å²) in [6, 6.07) is 6.45. The molecule has 0 aliphatic carbocycles. The molecule has 6 heteroatoms. The van der Waals surface area contributed by atoms with E-state index in [1.165, 1.54) is 0 Å². The van der Waals surface area contributed by atoms with Gasteiger partial charge in [-0.1, -0.05) is 0 Å².